The van der Waals surface area contributed by atoms with Crippen LogP contribution in [-0.2, 0) is 25.4 Å². The van der Waals surface area contributed by atoms with Crippen molar-refractivity contribution in [1.82, 2.24) is 28.9 Å². The molecule has 0 unspecified atom stereocenters. The third-order valence-electron chi connectivity index (χ3n) is 6.77. The number of hydrogen-bond acceptors (Lipinski definition) is 6. The van der Waals surface area contributed by atoms with Gasteiger partial charge in [0, 0.05) is 43.5 Å². The van der Waals surface area contributed by atoms with E-state index in [4.69, 9.17) is 9.47 Å². The van der Waals surface area contributed by atoms with Gasteiger partial charge in [0.25, 0.3) is 0 Å². The number of hydrogen-bond donors (Lipinski definition) is 0. The second-order valence-electron chi connectivity index (χ2n) is 9.45. The Labute approximate surface area is 224 Å². The van der Waals surface area contributed by atoms with Crippen molar-refractivity contribution in [2.75, 3.05) is 13.2 Å². The summed E-state index contributed by atoms with van der Waals surface area (Å²) in [5.74, 6) is 0.538. The third kappa shape index (κ3) is 4.68. The van der Waals surface area contributed by atoms with Crippen molar-refractivity contribution in [3.63, 3.8) is 0 Å². The van der Waals surface area contributed by atoms with Crippen LogP contribution in [0.5, 0.6) is 5.88 Å². The molecule has 0 N–H and O–H groups in total. The van der Waals surface area contributed by atoms with Gasteiger partial charge in [-0.2, -0.15) is 5.10 Å². The van der Waals surface area contributed by atoms with E-state index in [2.05, 4.69) is 21.1 Å². The highest BCUT2D eigenvalue weighted by molar-refractivity contribution is 6.04. The smallest absolute Gasteiger partial charge is 0.333 e. The van der Waals surface area contributed by atoms with Gasteiger partial charge in [-0.15, -0.1) is 0 Å². The van der Waals surface area contributed by atoms with Crippen molar-refractivity contribution in [1.29, 1.82) is 0 Å². The van der Waals surface area contributed by atoms with Gasteiger partial charge in [-0.1, -0.05) is 36.4 Å². The summed E-state index contributed by atoms with van der Waals surface area (Å²) in [5, 5.41) is 5.32. The fourth-order valence-corrected chi connectivity index (χ4v) is 4.81. The number of aryl methyl sites for hydroxylation is 3. The molecule has 39 heavy (non-hydrogen) atoms. The van der Waals surface area contributed by atoms with Gasteiger partial charge in [-0.25, -0.2) is 9.78 Å². The molecule has 0 radical (unpaired) electrons. The molecule has 9 nitrogen and oxygen atoms in total. The lowest BCUT2D eigenvalue weighted by Gasteiger charge is -2.09. The second-order valence-corrected chi connectivity index (χ2v) is 9.45. The topological polar surface area (TPSA) is 89.0 Å². The van der Waals surface area contributed by atoms with Crippen LogP contribution in [0, 0.1) is 6.92 Å². The molecule has 4 aromatic heterocycles. The van der Waals surface area contributed by atoms with Crippen molar-refractivity contribution in [3.8, 4) is 22.7 Å². The maximum absolute atomic E-state index is 13.3. The molecule has 0 atom stereocenters. The van der Waals surface area contributed by atoms with Gasteiger partial charge >= 0.3 is 5.69 Å². The highest BCUT2D eigenvalue weighted by Gasteiger charge is 2.19. The van der Waals surface area contributed by atoms with E-state index in [-0.39, 0.29) is 5.69 Å². The molecule has 0 amide bonds. The highest BCUT2D eigenvalue weighted by atomic mass is 16.5. The largest absolute Gasteiger partial charge is 0.475 e. The first kappa shape index (κ1) is 24.6. The maximum atomic E-state index is 13.3. The molecular formula is C30H28N6O3. The van der Waals surface area contributed by atoms with Crippen LogP contribution in [0.3, 0.4) is 0 Å². The molecule has 9 heteroatoms. The van der Waals surface area contributed by atoms with Crippen molar-refractivity contribution < 1.29 is 9.47 Å². The summed E-state index contributed by atoms with van der Waals surface area (Å²) >= 11 is 0. The second kappa shape index (κ2) is 10.2. The van der Waals surface area contributed by atoms with E-state index in [1.165, 1.54) is 0 Å². The molecular weight excluding hydrogens is 492 g/mol. The highest BCUT2D eigenvalue weighted by Crippen LogP contribution is 2.30. The molecule has 0 saturated carbocycles. The zero-order valence-corrected chi connectivity index (χ0v) is 22.0. The Hall–Kier alpha value is -4.76. The summed E-state index contributed by atoms with van der Waals surface area (Å²) in [5.41, 5.74) is 6.77. The van der Waals surface area contributed by atoms with Crippen molar-refractivity contribution in [2.45, 2.75) is 13.5 Å². The molecule has 2 aromatic carbocycles. The fourth-order valence-electron chi connectivity index (χ4n) is 4.81. The average molecular weight is 521 g/mol. The molecule has 0 bridgehead atoms. The number of rotatable bonds is 8. The van der Waals surface area contributed by atoms with Gasteiger partial charge in [0.15, 0.2) is 0 Å². The van der Waals surface area contributed by atoms with Gasteiger partial charge in [-0.3, -0.25) is 18.8 Å². The lowest BCUT2D eigenvalue weighted by atomic mass is 10.0. The number of pyridine rings is 2. The number of benzene rings is 2. The minimum absolute atomic E-state index is 0.142. The summed E-state index contributed by atoms with van der Waals surface area (Å²) in [6.07, 6.45) is 5.40. The Kier molecular flexibility index (Phi) is 6.42. The molecule has 0 saturated heterocycles. The van der Waals surface area contributed by atoms with Crippen LogP contribution in [-0.4, -0.2) is 42.1 Å². The zero-order chi connectivity index (χ0) is 26.9. The minimum Gasteiger partial charge on any atom is -0.475 e. The Bertz CT molecular complexity index is 1840. The van der Waals surface area contributed by atoms with E-state index in [0.29, 0.717) is 25.7 Å². The first-order valence-electron chi connectivity index (χ1n) is 12.7. The maximum Gasteiger partial charge on any atom is 0.333 e. The van der Waals surface area contributed by atoms with E-state index in [1.807, 2.05) is 74.8 Å². The van der Waals surface area contributed by atoms with E-state index in [9.17, 15) is 4.79 Å². The minimum atomic E-state index is -0.142. The Balaban J connectivity index is 1.26. The molecule has 4 heterocycles. The van der Waals surface area contributed by atoms with Crippen LogP contribution in [0.25, 0.3) is 38.8 Å². The predicted octanol–water partition coefficient (Wildman–Crippen LogP) is 4.58. The van der Waals surface area contributed by atoms with Crippen LogP contribution in [0.1, 0.15) is 11.3 Å². The predicted molar refractivity (Wildman–Crippen MR) is 150 cm³/mol. The van der Waals surface area contributed by atoms with Crippen LogP contribution in [0.4, 0.5) is 0 Å². The van der Waals surface area contributed by atoms with E-state index in [0.717, 1.165) is 50.0 Å². The summed E-state index contributed by atoms with van der Waals surface area (Å²) in [6.45, 7) is 3.34. The lowest BCUT2D eigenvalue weighted by Crippen LogP contribution is -2.21. The quantitative estimate of drug-likeness (QED) is 0.273. The van der Waals surface area contributed by atoms with Crippen LogP contribution in [0.15, 0.2) is 84.0 Å². The molecule has 0 spiro atoms. The normalized spacial score (nSPS) is 11.5. The monoisotopic (exact) mass is 520 g/mol. The summed E-state index contributed by atoms with van der Waals surface area (Å²) in [6, 6.07) is 19.9. The molecule has 0 aliphatic heterocycles. The summed E-state index contributed by atoms with van der Waals surface area (Å²) < 4.78 is 16.5. The molecule has 196 valence electrons. The molecule has 0 fully saturated rings. The fraction of sp³-hybridized carbons (Fsp3) is 0.200. The van der Waals surface area contributed by atoms with Crippen molar-refractivity contribution >= 4 is 21.9 Å². The molecule has 6 aromatic rings. The zero-order valence-electron chi connectivity index (χ0n) is 22.0. The van der Waals surface area contributed by atoms with E-state index < -0.39 is 0 Å². The SMILES string of the molecule is Cc1nn(C)cc1-n1c(=O)n(C)c2cnc3ccc(-c4ccc(OCCOCc5ccccc5)nc4)cc3c21. The Morgan fingerprint density at radius 3 is 2.46 bits per heavy atom. The van der Waals surface area contributed by atoms with Gasteiger partial charge in [0.2, 0.25) is 5.88 Å². The Morgan fingerprint density at radius 2 is 1.72 bits per heavy atom. The first-order valence-corrected chi connectivity index (χ1v) is 12.7. The van der Waals surface area contributed by atoms with Gasteiger partial charge in [0.05, 0.1) is 47.3 Å². The average Bonchev–Trinajstić information content (AvgIpc) is 3.42. The van der Waals surface area contributed by atoms with Gasteiger partial charge in [0.1, 0.15) is 6.61 Å². The number of fused-ring (bicyclic) bond motifs is 3. The standard InChI is InChI=1S/C30H28N6O3/c1-20-27(18-34(2)33-20)36-29-24-15-22(9-11-25(24)31-17-26(29)35(3)30(36)37)23-10-12-28(32-16-23)39-14-13-38-19-21-7-5-4-6-8-21/h4-12,15-18H,13-14,19H2,1-3H3. The van der Waals surface area contributed by atoms with Gasteiger partial charge < -0.3 is 9.47 Å². The number of imidazole rings is 1. The summed E-state index contributed by atoms with van der Waals surface area (Å²) in [4.78, 5) is 22.4. The van der Waals surface area contributed by atoms with E-state index >= 15 is 0 Å². The number of ether oxygens (including phenoxy) is 2. The van der Waals surface area contributed by atoms with Crippen molar-refractivity contribution in [2.24, 2.45) is 14.1 Å². The van der Waals surface area contributed by atoms with Crippen LogP contribution >= 0.6 is 0 Å². The lowest BCUT2D eigenvalue weighted by molar-refractivity contribution is 0.0875. The molecule has 0 aliphatic rings. The van der Waals surface area contributed by atoms with E-state index in [1.54, 1.807) is 33.3 Å². The van der Waals surface area contributed by atoms with Crippen LogP contribution in [0.2, 0.25) is 0 Å². The van der Waals surface area contributed by atoms with Gasteiger partial charge in [-0.05, 0) is 36.2 Å². The molecule has 6 rings (SSSR count). The number of nitrogens with zero attached hydrogens (tertiary/aromatic N) is 6. The van der Waals surface area contributed by atoms with Crippen LogP contribution < -0.4 is 10.4 Å². The van der Waals surface area contributed by atoms with Crippen molar-refractivity contribution in [3.05, 3.63) is 101 Å². The third-order valence-corrected chi connectivity index (χ3v) is 6.77. The first-order chi connectivity index (χ1) is 19.0. The molecule has 0 aliphatic carbocycles. The number of aromatic nitrogens is 6. The summed E-state index contributed by atoms with van der Waals surface area (Å²) in [7, 11) is 3.61. The Morgan fingerprint density at radius 1 is 0.897 bits per heavy atom.